The van der Waals surface area contributed by atoms with E-state index in [1.807, 2.05) is 0 Å². The van der Waals surface area contributed by atoms with Crippen molar-refractivity contribution in [2.24, 2.45) is 0 Å². The predicted molar refractivity (Wildman–Crippen MR) is 252 cm³/mol. The average Bonchev–Trinajstić information content (AvgIpc) is 3.35. The number of nitrogens with one attached hydrogen (secondary N) is 1. The number of aliphatic hydroxyl groups is 1. The Hall–Kier alpha value is -6.90. The zero-order chi connectivity index (χ0) is 60.0. The number of esters is 12. The Labute approximate surface area is 457 Å². The first-order valence-electron chi connectivity index (χ1n) is 24.7. The third-order valence-corrected chi connectivity index (χ3v) is 11.8. The van der Waals surface area contributed by atoms with Gasteiger partial charge < -0.3 is 85.6 Å². The van der Waals surface area contributed by atoms with Gasteiger partial charge in [-0.1, -0.05) is 6.08 Å². The van der Waals surface area contributed by atoms with Crippen molar-refractivity contribution in [3.05, 3.63) is 11.6 Å². The first kappa shape index (κ1) is 65.6. The van der Waals surface area contributed by atoms with Gasteiger partial charge in [0.05, 0.1) is 18.2 Å². The second kappa shape index (κ2) is 29.5. The molecule has 448 valence electrons. The van der Waals surface area contributed by atoms with Crippen LogP contribution in [-0.2, 0) is 138 Å². The highest BCUT2D eigenvalue weighted by molar-refractivity contribution is 5.71. The van der Waals surface area contributed by atoms with Crippen molar-refractivity contribution in [1.29, 1.82) is 0 Å². The zero-order valence-electron chi connectivity index (χ0n) is 46.0. The summed E-state index contributed by atoms with van der Waals surface area (Å²) >= 11 is 0. The maximum Gasteiger partial charge on any atom is 0.303 e. The lowest BCUT2D eigenvalue weighted by atomic mass is 9.85. The molecule has 31 heteroatoms. The summed E-state index contributed by atoms with van der Waals surface area (Å²) in [7, 11) is 0. The van der Waals surface area contributed by atoms with Crippen molar-refractivity contribution in [3.8, 4) is 0 Å². The molecule has 3 fully saturated rings. The highest BCUT2D eigenvalue weighted by Crippen LogP contribution is 2.38. The molecule has 3 heterocycles. The largest absolute Gasteiger partial charge is 0.463 e. The molecule has 0 aromatic rings. The monoisotopic (exact) mass is 1150 g/mol. The number of hydrogen-bond donors (Lipinski definition) is 2. The Balaban J connectivity index is 1.91. The molecular weight excluding hydrogens is 1080 g/mol. The molecule has 0 radical (unpaired) electrons. The maximum atomic E-state index is 13.2. The van der Waals surface area contributed by atoms with Crippen molar-refractivity contribution in [1.82, 2.24) is 5.32 Å². The second-order valence-corrected chi connectivity index (χ2v) is 18.5. The van der Waals surface area contributed by atoms with Gasteiger partial charge in [0.2, 0.25) is 0 Å². The van der Waals surface area contributed by atoms with Crippen LogP contribution in [0.25, 0.3) is 0 Å². The zero-order valence-corrected chi connectivity index (χ0v) is 46.0. The summed E-state index contributed by atoms with van der Waals surface area (Å²) in [5.74, 6) is -11.5. The Morgan fingerprint density at radius 3 is 1.23 bits per heavy atom. The van der Waals surface area contributed by atoms with E-state index in [1.54, 1.807) is 0 Å². The first-order valence-corrected chi connectivity index (χ1v) is 24.7. The summed E-state index contributed by atoms with van der Waals surface area (Å²) < 4.78 is 97.6. The molecule has 0 bridgehead atoms. The Morgan fingerprint density at radius 1 is 0.412 bits per heavy atom. The van der Waals surface area contributed by atoms with Crippen LogP contribution in [0.15, 0.2) is 11.6 Å². The normalized spacial score (nSPS) is 32.8. The summed E-state index contributed by atoms with van der Waals surface area (Å²) in [6, 6.07) is -2.73. The van der Waals surface area contributed by atoms with Gasteiger partial charge in [0, 0.05) is 88.7 Å². The van der Waals surface area contributed by atoms with Gasteiger partial charge in [-0.25, -0.2) is 0 Å². The van der Waals surface area contributed by atoms with Gasteiger partial charge in [-0.05, 0) is 6.92 Å². The van der Waals surface area contributed by atoms with E-state index >= 15 is 0 Å². The molecule has 0 aromatic carbocycles. The van der Waals surface area contributed by atoms with E-state index in [-0.39, 0.29) is 5.57 Å². The third-order valence-electron chi connectivity index (χ3n) is 11.8. The number of rotatable bonds is 21. The molecule has 1 aliphatic carbocycles. The summed E-state index contributed by atoms with van der Waals surface area (Å²) in [4.78, 5) is 152. The minimum atomic E-state index is -2.06. The lowest BCUT2D eigenvalue weighted by molar-refractivity contribution is -0.374. The lowest BCUT2D eigenvalue weighted by Crippen LogP contribution is -2.70. The van der Waals surface area contributed by atoms with Crippen LogP contribution in [0.4, 0.5) is 0 Å². The molecule has 2 N–H and O–H groups in total. The number of carbonyl (C=O) groups excluding carboxylic acids is 12. The molecule has 4 rings (SSSR count). The van der Waals surface area contributed by atoms with E-state index in [0.717, 1.165) is 83.1 Å². The maximum absolute atomic E-state index is 13.2. The van der Waals surface area contributed by atoms with Crippen LogP contribution in [0.2, 0.25) is 0 Å². The van der Waals surface area contributed by atoms with Gasteiger partial charge in [-0.3, -0.25) is 62.9 Å². The molecule has 19 atom stereocenters. The lowest BCUT2D eigenvalue weighted by Gasteiger charge is -2.50. The molecule has 0 spiro atoms. The second-order valence-electron chi connectivity index (χ2n) is 18.5. The number of aliphatic hydroxyl groups excluding tert-OH is 1. The molecule has 3 saturated heterocycles. The number of ether oxygens (including phenoxy) is 17. The molecule has 0 aromatic heterocycles. The van der Waals surface area contributed by atoms with Crippen molar-refractivity contribution < 1.29 is 143 Å². The third kappa shape index (κ3) is 18.9. The minimum Gasteiger partial charge on any atom is -0.463 e. The standard InChI is InChI=1S/C49H67NO30/c1-18-35(50-32-14-31(15-64-19(2)51)36(68-22(5)54)41(71-25(8)57)37(32)69-23(6)55)40(70-24(7)56)45(75-29(12)61)48(67-18)79-39-34(17-66-21(4)53)78-49(46(76-30(13)62)43(39)73-27(10)59)80-38-33(16-65-20(3)52)77-47(63)44(74-28(11)60)42(38)72-26(9)58/h14,18,32-50,63H,15-17H2,1-13H3/t18-,32+,33-,34-,35-,36+,37+,38-,39-,40+,41+,42+,43+,44-,45-,46-,47?,48-,49-/m1/s1. The molecular formula is C49H67NO30. The Morgan fingerprint density at radius 2 is 0.775 bits per heavy atom. The fourth-order valence-electron chi connectivity index (χ4n) is 9.12. The highest BCUT2D eigenvalue weighted by atomic mass is 16.8. The van der Waals surface area contributed by atoms with E-state index in [9.17, 15) is 62.6 Å². The molecule has 4 aliphatic rings. The van der Waals surface area contributed by atoms with Crippen LogP contribution in [0, 0.1) is 0 Å². The first-order chi connectivity index (χ1) is 37.4. The SMILES string of the molecule is CC(=O)OCC1=C[C@H](N[C@H]2[C@H](OC(C)=O)[C@@H](OC(C)=O)[C@@H](O[C@H]3[C@H](OC(C)=O)[C@@H](OC(C)=O)[C@@H](O[C@H]4[C@H](OC(C)=O)[C@@H](OC(C)=O)C(O)O[C@@H]4COC(C)=O)O[C@@H]3COC(C)=O)O[C@@H]2C)[C@H](OC(C)=O)[C@@H](OC(C)=O)[C@H]1OC(C)=O. The van der Waals surface area contributed by atoms with Gasteiger partial charge in [0.1, 0.15) is 44.2 Å². The van der Waals surface area contributed by atoms with Crippen molar-refractivity contribution >= 4 is 71.6 Å². The summed E-state index contributed by atoms with van der Waals surface area (Å²) in [6.07, 6.45) is -29.0. The summed E-state index contributed by atoms with van der Waals surface area (Å²) in [5.41, 5.74) is 0.0191. The predicted octanol–water partition coefficient (Wildman–Crippen LogP) is -1.71. The summed E-state index contributed by atoms with van der Waals surface area (Å²) in [6.45, 7) is 11.3. The molecule has 80 heavy (non-hydrogen) atoms. The van der Waals surface area contributed by atoms with E-state index in [4.69, 9.17) is 80.5 Å². The number of hydrogen-bond acceptors (Lipinski definition) is 31. The van der Waals surface area contributed by atoms with Gasteiger partial charge in [-0.15, -0.1) is 0 Å². The molecule has 3 aliphatic heterocycles. The van der Waals surface area contributed by atoms with Crippen LogP contribution in [0.3, 0.4) is 0 Å². The van der Waals surface area contributed by atoms with Gasteiger partial charge >= 0.3 is 71.6 Å². The van der Waals surface area contributed by atoms with Gasteiger partial charge in [-0.2, -0.15) is 0 Å². The van der Waals surface area contributed by atoms with Gasteiger partial charge in [0.15, 0.2) is 73.8 Å². The van der Waals surface area contributed by atoms with Crippen LogP contribution in [0.5, 0.6) is 0 Å². The number of carbonyl (C=O) groups is 12. The van der Waals surface area contributed by atoms with Crippen LogP contribution < -0.4 is 5.32 Å². The van der Waals surface area contributed by atoms with E-state index in [2.05, 4.69) is 5.32 Å². The fourth-order valence-corrected chi connectivity index (χ4v) is 9.12. The fraction of sp³-hybridized carbons (Fsp3) is 0.714. The minimum absolute atomic E-state index is 0.0191. The Kier molecular flexibility index (Phi) is 24.2. The quantitative estimate of drug-likeness (QED) is 0.0734. The topological polar surface area (TPSA) is 394 Å². The molecule has 0 saturated carbocycles. The van der Waals surface area contributed by atoms with E-state index in [0.29, 0.717) is 0 Å². The molecule has 0 amide bonds. The average molecular weight is 1150 g/mol. The van der Waals surface area contributed by atoms with Crippen LogP contribution >= 0.6 is 0 Å². The van der Waals surface area contributed by atoms with Gasteiger partial charge in [0.25, 0.3) is 0 Å². The van der Waals surface area contributed by atoms with E-state index in [1.165, 1.54) is 13.0 Å². The van der Waals surface area contributed by atoms with Crippen LogP contribution in [-0.4, -0.2) is 213 Å². The molecule has 1 unspecified atom stereocenters. The van der Waals surface area contributed by atoms with Crippen molar-refractivity contribution in [2.45, 2.75) is 206 Å². The van der Waals surface area contributed by atoms with Crippen molar-refractivity contribution in [3.63, 3.8) is 0 Å². The Bertz CT molecular complexity index is 2340. The smallest absolute Gasteiger partial charge is 0.303 e. The van der Waals surface area contributed by atoms with Crippen molar-refractivity contribution in [2.75, 3.05) is 19.8 Å². The summed E-state index contributed by atoms with van der Waals surface area (Å²) in [5, 5.41) is 14.1. The molecule has 31 nitrogen and oxygen atoms in total. The highest BCUT2D eigenvalue weighted by Gasteiger charge is 2.60. The van der Waals surface area contributed by atoms with E-state index < -0.39 is 208 Å². The van der Waals surface area contributed by atoms with Crippen LogP contribution in [0.1, 0.15) is 90.0 Å².